The van der Waals surface area contributed by atoms with Crippen LogP contribution in [-0.2, 0) is 16.6 Å². The molecule has 0 amide bonds. The summed E-state index contributed by atoms with van der Waals surface area (Å²) in [4.78, 5) is 0. The van der Waals surface area contributed by atoms with Crippen LogP contribution in [0.15, 0.2) is 24.3 Å². The van der Waals surface area contributed by atoms with Crippen LogP contribution in [0, 0.1) is 5.92 Å². The SMILES string of the molecule is O=S(=O)(NCC1Cc2ccccc21)N1CCCC(CO)C1. The van der Waals surface area contributed by atoms with E-state index in [9.17, 15) is 13.5 Å². The van der Waals surface area contributed by atoms with Crippen LogP contribution in [0.25, 0.3) is 0 Å². The second-order valence-electron chi connectivity index (χ2n) is 6.00. The molecule has 1 heterocycles. The van der Waals surface area contributed by atoms with E-state index in [1.807, 2.05) is 12.1 Å². The molecule has 0 spiro atoms. The first-order valence-corrected chi connectivity index (χ1v) is 8.97. The van der Waals surface area contributed by atoms with Crippen molar-refractivity contribution < 1.29 is 13.5 Å². The van der Waals surface area contributed by atoms with E-state index in [0.29, 0.717) is 19.6 Å². The highest BCUT2D eigenvalue weighted by Crippen LogP contribution is 2.34. The third kappa shape index (κ3) is 3.13. The highest BCUT2D eigenvalue weighted by Gasteiger charge is 2.31. The van der Waals surface area contributed by atoms with E-state index >= 15 is 0 Å². The summed E-state index contributed by atoms with van der Waals surface area (Å²) >= 11 is 0. The van der Waals surface area contributed by atoms with Crippen LogP contribution in [0.4, 0.5) is 0 Å². The molecule has 0 aromatic heterocycles. The smallest absolute Gasteiger partial charge is 0.279 e. The van der Waals surface area contributed by atoms with Gasteiger partial charge >= 0.3 is 0 Å². The zero-order valence-corrected chi connectivity index (χ0v) is 12.8. The molecule has 1 aliphatic heterocycles. The number of rotatable bonds is 5. The molecule has 2 atom stereocenters. The van der Waals surface area contributed by atoms with Crippen LogP contribution in [0.1, 0.15) is 29.9 Å². The van der Waals surface area contributed by atoms with Gasteiger partial charge in [0.05, 0.1) is 0 Å². The largest absolute Gasteiger partial charge is 0.396 e. The third-order valence-corrected chi connectivity index (χ3v) is 6.10. The van der Waals surface area contributed by atoms with Gasteiger partial charge in [-0.2, -0.15) is 12.7 Å². The predicted octanol–water partition coefficient (Wildman–Crippen LogP) is 0.865. The average Bonchev–Trinajstić information content (AvgIpc) is 2.48. The second-order valence-corrected chi connectivity index (χ2v) is 7.76. The van der Waals surface area contributed by atoms with Crippen molar-refractivity contribution in [1.29, 1.82) is 0 Å². The first kappa shape index (κ1) is 15.0. The Hall–Kier alpha value is -0.950. The lowest BCUT2D eigenvalue weighted by Gasteiger charge is -2.33. The third-order valence-electron chi connectivity index (χ3n) is 4.55. The lowest BCUT2D eigenvalue weighted by molar-refractivity contribution is 0.164. The Bertz CT molecular complexity index is 603. The molecule has 1 saturated heterocycles. The first-order valence-electron chi connectivity index (χ1n) is 7.53. The predicted molar refractivity (Wildman–Crippen MR) is 81.2 cm³/mol. The number of aliphatic hydroxyl groups is 1. The van der Waals surface area contributed by atoms with E-state index in [1.54, 1.807) is 0 Å². The molecule has 0 bridgehead atoms. The first-order chi connectivity index (χ1) is 10.1. The normalized spacial score (nSPS) is 26.1. The molecule has 3 rings (SSSR count). The molecule has 1 aromatic carbocycles. The number of aliphatic hydroxyl groups excluding tert-OH is 1. The molecule has 21 heavy (non-hydrogen) atoms. The summed E-state index contributed by atoms with van der Waals surface area (Å²) in [5, 5.41) is 9.21. The molecule has 1 fully saturated rings. The van der Waals surface area contributed by atoms with Crippen LogP contribution in [0.2, 0.25) is 0 Å². The molecule has 6 heteroatoms. The fourth-order valence-electron chi connectivity index (χ4n) is 3.24. The number of hydrogen-bond acceptors (Lipinski definition) is 3. The van der Waals surface area contributed by atoms with E-state index < -0.39 is 10.2 Å². The molecule has 2 N–H and O–H groups in total. The monoisotopic (exact) mass is 310 g/mol. The molecular weight excluding hydrogens is 288 g/mol. The quantitative estimate of drug-likeness (QED) is 0.848. The van der Waals surface area contributed by atoms with Gasteiger partial charge in [0.1, 0.15) is 0 Å². The molecule has 1 aromatic rings. The Morgan fingerprint density at radius 1 is 1.33 bits per heavy atom. The molecule has 116 valence electrons. The van der Waals surface area contributed by atoms with Crippen LogP contribution in [0.5, 0.6) is 0 Å². The Kier molecular flexibility index (Phi) is 4.31. The molecule has 0 saturated carbocycles. The Morgan fingerprint density at radius 2 is 2.14 bits per heavy atom. The summed E-state index contributed by atoms with van der Waals surface area (Å²) in [5.41, 5.74) is 2.58. The van der Waals surface area contributed by atoms with E-state index in [4.69, 9.17) is 0 Å². The van der Waals surface area contributed by atoms with E-state index in [0.717, 1.165) is 19.3 Å². The number of piperidine rings is 1. The Balaban J connectivity index is 1.57. The van der Waals surface area contributed by atoms with E-state index in [-0.39, 0.29) is 18.4 Å². The molecule has 1 aliphatic carbocycles. The fourth-order valence-corrected chi connectivity index (χ4v) is 4.61. The van der Waals surface area contributed by atoms with Crippen molar-refractivity contribution in [2.45, 2.75) is 25.2 Å². The number of nitrogens with one attached hydrogen (secondary N) is 1. The minimum Gasteiger partial charge on any atom is -0.396 e. The van der Waals surface area contributed by atoms with Gasteiger partial charge in [-0.1, -0.05) is 24.3 Å². The highest BCUT2D eigenvalue weighted by atomic mass is 32.2. The van der Waals surface area contributed by atoms with Gasteiger partial charge in [-0.15, -0.1) is 0 Å². The lowest BCUT2D eigenvalue weighted by Crippen LogP contribution is -2.48. The highest BCUT2D eigenvalue weighted by molar-refractivity contribution is 7.87. The molecule has 5 nitrogen and oxygen atoms in total. The van der Waals surface area contributed by atoms with Crippen molar-refractivity contribution >= 4 is 10.2 Å². The number of nitrogens with zero attached hydrogens (tertiary/aromatic N) is 1. The van der Waals surface area contributed by atoms with Crippen LogP contribution >= 0.6 is 0 Å². The van der Waals surface area contributed by atoms with Crippen LogP contribution in [-0.4, -0.2) is 44.1 Å². The number of fused-ring (bicyclic) bond motifs is 1. The molecule has 2 unspecified atom stereocenters. The van der Waals surface area contributed by atoms with Gasteiger partial charge in [0.15, 0.2) is 0 Å². The van der Waals surface area contributed by atoms with Crippen molar-refractivity contribution in [3.05, 3.63) is 35.4 Å². The van der Waals surface area contributed by atoms with Crippen LogP contribution in [0.3, 0.4) is 0 Å². The van der Waals surface area contributed by atoms with Crippen molar-refractivity contribution in [3.63, 3.8) is 0 Å². The minimum absolute atomic E-state index is 0.0576. The van der Waals surface area contributed by atoms with Crippen molar-refractivity contribution in [2.75, 3.05) is 26.2 Å². The standard InChI is InChI=1S/C15H22N2O3S/c18-11-12-4-3-7-17(10-12)21(19,20)16-9-14-8-13-5-1-2-6-15(13)14/h1-2,5-6,12,14,16,18H,3-4,7-11H2. The fraction of sp³-hybridized carbons (Fsp3) is 0.600. The lowest BCUT2D eigenvalue weighted by atomic mass is 9.78. The summed E-state index contributed by atoms with van der Waals surface area (Å²) < 4.78 is 28.9. The van der Waals surface area contributed by atoms with Gasteiger partial charge in [-0.3, -0.25) is 0 Å². The van der Waals surface area contributed by atoms with Crippen LogP contribution < -0.4 is 4.72 Å². The van der Waals surface area contributed by atoms with Crippen molar-refractivity contribution in [3.8, 4) is 0 Å². The maximum atomic E-state index is 12.3. The van der Waals surface area contributed by atoms with Gasteiger partial charge in [-0.05, 0) is 36.3 Å². The van der Waals surface area contributed by atoms with Gasteiger partial charge in [-0.25, -0.2) is 4.72 Å². The summed E-state index contributed by atoms with van der Waals surface area (Å²) in [6.07, 6.45) is 2.66. The van der Waals surface area contributed by atoms with Crippen molar-refractivity contribution in [1.82, 2.24) is 9.03 Å². The Morgan fingerprint density at radius 3 is 2.90 bits per heavy atom. The summed E-state index contributed by atoms with van der Waals surface area (Å²) in [6.45, 7) is 1.49. The van der Waals surface area contributed by atoms with E-state index in [2.05, 4.69) is 16.9 Å². The van der Waals surface area contributed by atoms with Gasteiger partial charge in [0.2, 0.25) is 0 Å². The summed E-state index contributed by atoms with van der Waals surface area (Å²) in [7, 11) is -3.43. The van der Waals surface area contributed by atoms with Gasteiger partial charge < -0.3 is 5.11 Å². The maximum Gasteiger partial charge on any atom is 0.279 e. The average molecular weight is 310 g/mol. The van der Waals surface area contributed by atoms with Crippen molar-refractivity contribution in [2.24, 2.45) is 5.92 Å². The molecule has 2 aliphatic rings. The number of hydrogen-bond donors (Lipinski definition) is 2. The summed E-state index contributed by atoms with van der Waals surface area (Å²) in [5.74, 6) is 0.356. The Labute approximate surface area is 126 Å². The molecule has 0 radical (unpaired) electrons. The topological polar surface area (TPSA) is 69.6 Å². The minimum atomic E-state index is -3.43. The molecular formula is C15H22N2O3S. The maximum absolute atomic E-state index is 12.3. The van der Waals surface area contributed by atoms with E-state index in [1.165, 1.54) is 15.4 Å². The number of benzene rings is 1. The summed E-state index contributed by atoms with van der Waals surface area (Å²) in [6, 6.07) is 8.18. The zero-order chi connectivity index (χ0) is 14.9. The van der Waals surface area contributed by atoms with Gasteiger partial charge in [0.25, 0.3) is 10.2 Å². The van der Waals surface area contributed by atoms with Gasteiger partial charge in [0, 0.05) is 32.2 Å². The zero-order valence-electron chi connectivity index (χ0n) is 12.0. The second kappa shape index (κ2) is 6.04.